The molecule has 2 fully saturated rings. The number of alkyl halides is 9. The number of cyclic esters (lactones) is 1. The van der Waals surface area contributed by atoms with Crippen LogP contribution in [-0.2, 0) is 23.6 Å². The topological polar surface area (TPSA) is 62.2 Å². The van der Waals surface area contributed by atoms with Gasteiger partial charge in [0.25, 0.3) is 0 Å². The van der Waals surface area contributed by atoms with E-state index >= 15 is 0 Å². The van der Waals surface area contributed by atoms with Gasteiger partial charge in [-0.2, -0.15) is 26.3 Å². The average Bonchev–Trinajstić information content (AvgIpc) is 3.25. The lowest BCUT2D eigenvalue weighted by Gasteiger charge is -2.35. The van der Waals surface area contributed by atoms with Crippen molar-refractivity contribution in [1.82, 2.24) is 4.90 Å². The molecule has 1 heterocycles. The van der Waals surface area contributed by atoms with Crippen molar-refractivity contribution in [2.45, 2.75) is 89.8 Å². The summed E-state index contributed by atoms with van der Waals surface area (Å²) in [4.78, 5) is 16.2. The molecule has 1 aliphatic carbocycles. The zero-order valence-corrected chi connectivity index (χ0v) is 25.8. The number of ether oxygens (including phenoxy) is 2. The van der Waals surface area contributed by atoms with Crippen LogP contribution >= 0.6 is 0 Å². The quantitative estimate of drug-likeness (QED) is 0.239. The van der Waals surface area contributed by atoms with Crippen molar-refractivity contribution < 1.29 is 58.9 Å². The van der Waals surface area contributed by atoms with E-state index in [1.807, 2.05) is 11.8 Å². The lowest BCUT2D eigenvalue weighted by molar-refractivity contribution is -0.274. The zero-order valence-electron chi connectivity index (χ0n) is 25.8. The van der Waals surface area contributed by atoms with Crippen molar-refractivity contribution in [3.05, 3.63) is 58.7 Å². The standard InChI is InChI=1S/C32H37F9N2O4/c1-3-11-42(17-21-6-4-20(5-7-21)10-12-44)27-9-8-26(47-32(39,40)41)15-23(27)18-43-19(2)28(46-29(43)45)22-13-24(30(33,34)35)16-25(14-22)31(36,37)38/h8-9,13-16,19-21,28,44H,3-7,10-12,17-18H2,1-2H3/t19-,20-,21-,28-/m0/s1. The number of aliphatic hydroxyl groups is 1. The monoisotopic (exact) mass is 684 g/mol. The fraction of sp³-hybridized carbons (Fsp3) is 0.594. The molecule has 1 aliphatic heterocycles. The number of carbonyl (C=O) groups excluding carboxylic acids is 1. The third kappa shape index (κ3) is 9.38. The third-order valence-electron chi connectivity index (χ3n) is 8.77. The number of anilines is 1. The van der Waals surface area contributed by atoms with E-state index in [0.29, 0.717) is 43.2 Å². The van der Waals surface area contributed by atoms with Gasteiger partial charge >= 0.3 is 24.8 Å². The van der Waals surface area contributed by atoms with Crippen LogP contribution in [0.25, 0.3) is 0 Å². The molecule has 6 nitrogen and oxygen atoms in total. The van der Waals surface area contributed by atoms with E-state index in [0.717, 1.165) is 49.1 Å². The van der Waals surface area contributed by atoms with Crippen LogP contribution in [-0.4, -0.2) is 48.2 Å². The summed E-state index contributed by atoms with van der Waals surface area (Å²) in [6.07, 6.45) is -12.8. The molecule has 0 spiro atoms. The number of benzene rings is 2. The van der Waals surface area contributed by atoms with Crippen molar-refractivity contribution in [2.75, 3.05) is 24.6 Å². The van der Waals surface area contributed by atoms with Gasteiger partial charge in [-0.05, 0) is 92.0 Å². The summed E-state index contributed by atoms with van der Waals surface area (Å²) in [5, 5.41) is 9.28. The Kier molecular flexibility index (Phi) is 11.2. The second kappa shape index (κ2) is 14.4. The Morgan fingerprint density at radius 2 is 1.51 bits per heavy atom. The van der Waals surface area contributed by atoms with Gasteiger partial charge in [-0.3, -0.25) is 4.90 Å². The number of aliphatic hydroxyl groups excluding tert-OH is 1. The summed E-state index contributed by atoms with van der Waals surface area (Å²) in [6.45, 7) is 4.17. The van der Waals surface area contributed by atoms with Crippen LogP contribution in [0.1, 0.15) is 80.7 Å². The number of nitrogens with zero attached hydrogens (tertiary/aromatic N) is 2. The van der Waals surface area contributed by atoms with Crippen LogP contribution in [0.2, 0.25) is 0 Å². The van der Waals surface area contributed by atoms with Crippen LogP contribution in [0.3, 0.4) is 0 Å². The van der Waals surface area contributed by atoms with Crippen molar-refractivity contribution in [1.29, 1.82) is 0 Å². The molecular formula is C32H37F9N2O4. The lowest BCUT2D eigenvalue weighted by atomic mass is 9.80. The molecule has 0 bridgehead atoms. The summed E-state index contributed by atoms with van der Waals surface area (Å²) in [5.74, 6) is 0.130. The van der Waals surface area contributed by atoms with Gasteiger partial charge in [0.05, 0.1) is 23.7 Å². The zero-order chi connectivity index (χ0) is 34.7. The first-order valence-corrected chi connectivity index (χ1v) is 15.4. The molecule has 262 valence electrons. The van der Waals surface area contributed by atoms with Gasteiger partial charge in [-0.25, -0.2) is 4.79 Å². The van der Waals surface area contributed by atoms with E-state index in [2.05, 4.69) is 4.74 Å². The van der Waals surface area contributed by atoms with E-state index in [9.17, 15) is 49.4 Å². The maximum atomic E-state index is 13.5. The van der Waals surface area contributed by atoms with Gasteiger partial charge in [0.1, 0.15) is 11.9 Å². The molecule has 1 saturated carbocycles. The van der Waals surface area contributed by atoms with Crippen molar-refractivity contribution >= 4 is 11.8 Å². The van der Waals surface area contributed by atoms with E-state index < -0.39 is 59.4 Å². The summed E-state index contributed by atoms with van der Waals surface area (Å²) >= 11 is 0. The molecule has 0 aromatic heterocycles. The molecule has 2 aromatic rings. The van der Waals surface area contributed by atoms with E-state index in [-0.39, 0.29) is 30.7 Å². The molecular weight excluding hydrogens is 647 g/mol. The molecule has 15 heteroatoms. The van der Waals surface area contributed by atoms with E-state index in [1.165, 1.54) is 13.0 Å². The fourth-order valence-electron chi connectivity index (χ4n) is 6.46. The highest BCUT2D eigenvalue weighted by molar-refractivity contribution is 5.72. The van der Waals surface area contributed by atoms with Crippen LogP contribution in [0.15, 0.2) is 36.4 Å². The molecule has 47 heavy (non-hydrogen) atoms. The maximum absolute atomic E-state index is 13.5. The number of hydrogen-bond acceptors (Lipinski definition) is 5. The predicted octanol–water partition coefficient (Wildman–Crippen LogP) is 9.11. The summed E-state index contributed by atoms with van der Waals surface area (Å²) in [5.41, 5.74) is -2.90. The van der Waals surface area contributed by atoms with E-state index in [4.69, 9.17) is 4.74 Å². The summed E-state index contributed by atoms with van der Waals surface area (Å²) < 4.78 is 130. The van der Waals surface area contributed by atoms with Gasteiger partial charge in [0.15, 0.2) is 0 Å². The molecule has 0 radical (unpaired) electrons. The first kappa shape index (κ1) is 36.5. The molecule has 4 rings (SSSR count). The number of hydrogen-bond donors (Lipinski definition) is 1. The molecule has 2 aromatic carbocycles. The fourth-order valence-corrected chi connectivity index (χ4v) is 6.46. The summed E-state index contributed by atoms with van der Waals surface area (Å²) in [7, 11) is 0. The van der Waals surface area contributed by atoms with Crippen molar-refractivity contribution in [3.63, 3.8) is 0 Å². The number of rotatable bonds is 11. The highest BCUT2D eigenvalue weighted by atomic mass is 19.4. The number of amides is 1. The number of halogens is 9. The van der Waals surface area contributed by atoms with Crippen LogP contribution in [0.4, 0.5) is 50.0 Å². The second-order valence-corrected chi connectivity index (χ2v) is 12.2. The maximum Gasteiger partial charge on any atom is 0.573 e. The summed E-state index contributed by atoms with van der Waals surface area (Å²) in [6, 6.07) is 3.61. The van der Waals surface area contributed by atoms with Gasteiger partial charge in [0, 0.05) is 25.4 Å². The normalized spacial score (nSPS) is 22.4. The minimum Gasteiger partial charge on any atom is -0.439 e. The van der Waals surface area contributed by atoms with Crippen LogP contribution in [0, 0.1) is 11.8 Å². The predicted molar refractivity (Wildman–Crippen MR) is 153 cm³/mol. The first-order chi connectivity index (χ1) is 21.9. The van der Waals surface area contributed by atoms with Crippen molar-refractivity contribution in [3.8, 4) is 5.75 Å². The minimum atomic E-state index is -5.11. The second-order valence-electron chi connectivity index (χ2n) is 12.2. The largest absolute Gasteiger partial charge is 0.573 e. The molecule has 2 aliphatic rings. The van der Waals surface area contributed by atoms with Crippen molar-refractivity contribution in [2.24, 2.45) is 11.8 Å². The Bertz CT molecular complexity index is 1340. The van der Waals surface area contributed by atoms with Crippen LogP contribution in [0.5, 0.6) is 5.75 Å². The SMILES string of the molecule is CCCN(C[C@H]1CC[C@H](CCO)CC1)c1ccc(OC(F)(F)F)cc1CN1C(=O)O[C@H](c2cc(C(F)(F)F)cc(C(F)(F)F)c2)[C@@H]1C. The van der Waals surface area contributed by atoms with Gasteiger partial charge in [-0.15, -0.1) is 13.2 Å². The molecule has 1 saturated heterocycles. The Hall–Kier alpha value is -3.36. The molecule has 1 N–H and O–H groups in total. The van der Waals surface area contributed by atoms with Crippen LogP contribution < -0.4 is 9.64 Å². The smallest absolute Gasteiger partial charge is 0.439 e. The highest BCUT2D eigenvalue weighted by Gasteiger charge is 2.44. The molecule has 2 atom stereocenters. The third-order valence-corrected chi connectivity index (χ3v) is 8.77. The Balaban J connectivity index is 1.66. The lowest BCUT2D eigenvalue weighted by Crippen LogP contribution is -2.35. The van der Waals surface area contributed by atoms with Gasteiger partial charge in [0.2, 0.25) is 0 Å². The average molecular weight is 685 g/mol. The first-order valence-electron chi connectivity index (χ1n) is 15.4. The Morgan fingerprint density at radius 3 is 2.04 bits per heavy atom. The molecule has 0 unspecified atom stereocenters. The van der Waals surface area contributed by atoms with Gasteiger partial charge < -0.3 is 19.5 Å². The minimum absolute atomic E-state index is 0.0252. The number of carbonyl (C=O) groups is 1. The van der Waals surface area contributed by atoms with Gasteiger partial charge in [-0.1, -0.05) is 19.8 Å². The molecule has 1 amide bonds. The Labute approximate surface area is 266 Å². The Morgan fingerprint density at radius 1 is 0.915 bits per heavy atom. The highest BCUT2D eigenvalue weighted by Crippen LogP contribution is 2.42. The van der Waals surface area contributed by atoms with E-state index in [1.54, 1.807) is 0 Å².